The third-order valence-corrected chi connectivity index (χ3v) is 3.84. The lowest BCUT2D eigenvalue weighted by atomic mass is 10.1. The molecular weight excluding hydrogens is 429 g/mol. The number of aliphatic imine (C=N–C) groups is 1. The minimum atomic E-state index is 0. The van der Waals surface area contributed by atoms with Crippen molar-refractivity contribution in [2.45, 2.75) is 39.7 Å². The summed E-state index contributed by atoms with van der Waals surface area (Å²) in [6, 6.07) is 8.73. The summed E-state index contributed by atoms with van der Waals surface area (Å²) in [6.45, 7) is 5.64. The highest BCUT2D eigenvalue weighted by Crippen LogP contribution is 2.07. The van der Waals surface area contributed by atoms with Gasteiger partial charge in [-0.15, -0.1) is 24.0 Å². The van der Waals surface area contributed by atoms with E-state index in [9.17, 15) is 0 Å². The third-order valence-electron chi connectivity index (χ3n) is 3.84. The molecule has 0 atom stereocenters. The topological polar surface area (TPSA) is 66.5 Å². The molecule has 0 unspecified atom stereocenters. The van der Waals surface area contributed by atoms with Crippen LogP contribution in [0.4, 0.5) is 0 Å². The van der Waals surface area contributed by atoms with Crippen molar-refractivity contribution in [1.82, 2.24) is 20.4 Å². The molecule has 2 aromatic rings. The molecule has 0 fully saturated rings. The maximum absolute atomic E-state index is 5.11. The molecule has 1 aromatic carbocycles. The van der Waals surface area contributed by atoms with Gasteiger partial charge < -0.3 is 14.7 Å². The van der Waals surface area contributed by atoms with Gasteiger partial charge in [-0.2, -0.15) is 4.98 Å². The highest BCUT2D eigenvalue weighted by atomic mass is 127. The number of nitrogens with zero attached hydrogens (tertiary/aromatic N) is 4. The summed E-state index contributed by atoms with van der Waals surface area (Å²) in [5.41, 5.74) is 2.64. The number of benzene rings is 1. The first kappa shape index (κ1) is 21.4. The zero-order chi connectivity index (χ0) is 17.4. The number of guanidine groups is 1. The van der Waals surface area contributed by atoms with E-state index in [0.29, 0.717) is 11.7 Å². The van der Waals surface area contributed by atoms with Crippen molar-refractivity contribution in [1.29, 1.82) is 0 Å². The number of aryl methyl sites for hydroxylation is 3. The summed E-state index contributed by atoms with van der Waals surface area (Å²) in [5, 5.41) is 7.17. The van der Waals surface area contributed by atoms with Crippen LogP contribution in [0, 0.1) is 6.92 Å². The van der Waals surface area contributed by atoms with Crippen LogP contribution in [-0.2, 0) is 19.4 Å². The fourth-order valence-corrected chi connectivity index (χ4v) is 2.50. The number of hydrogen-bond acceptors (Lipinski definition) is 4. The highest BCUT2D eigenvalue weighted by molar-refractivity contribution is 14.0. The lowest BCUT2D eigenvalue weighted by Gasteiger charge is -2.22. The van der Waals surface area contributed by atoms with Crippen molar-refractivity contribution in [3.05, 3.63) is 47.1 Å². The van der Waals surface area contributed by atoms with Crippen molar-refractivity contribution in [2.24, 2.45) is 4.99 Å². The van der Waals surface area contributed by atoms with Gasteiger partial charge in [0.1, 0.15) is 0 Å². The molecule has 138 valence electrons. The van der Waals surface area contributed by atoms with Crippen LogP contribution in [0.5, 0.6) is 0 Å². The van der Waals surface area contributed by atoms with Gasteiger partial charge in [0.05, 0.1) is 0 Å². The Morgan fingerprint density at radius 2 is 1.92 bits per heavy atom. The van der Waals surface area contributed by atoms with Crippen LogP contribution < -0.4 is 5.32 Å². The van der Waals surface area contributed by atoms with Crippen molar-refractivity contribution in [3.63, 3.8) is 0 Å². The van der Waals surface area contributed by atoms with Crippen LogP contribution in [0.15, 0.2) is 33.8 Å². The monoisotopic (exact) mass is 457 g/mol. The molecule has 2 rings (SSSR count). The summed E-state index contributed by atoms with van der Waals surface area (Å²) in [6.07, 6.45) is 2.76. The molecule has 0 aliphatic carbocycles. The second-order valence-electron chi connectivity index (χ2n) is 5.84. The van der Waals surface area contributed by atoms with E-state index >= 15 is 0 Å². The van der Waals surface area contributed by atoms with Crippen molar-refractivity contribution >= 4 is 29.9 Å². The second-order valence-corrected chi connectivity index (χ2v) is 5.84. The van der Waals surface area contributed by atoms with Crippen LogP contribution in [0.3, 0.4) is 0 Å². The predicted octanol–water partition coefficient (Wildman–Crippen LogP) is 3.20. The molecule has 0 radical (unpaired) electrons. The zero-order valence-corrected chi connectivity index (χ0v) is 17.8. The quantitative estimate of drug-likeness (QED) is 0.300. The first-order valence-electron chi connectivity index (χ1n) is 8.41. The first-order valence-corrected chi connectivity index (χ1v) is 8.41. The molecule has 25 heavy (non-hydrogen) atoms. The molecule has 1 heterocycles. The Labute approximate surface area is 167 Å². The number of halogens is 1. The molecule has 0 aliphatic heterocycles. The van der Waals surface area contributed by atoms with Gasteiger partial charge in [0.15, 0.2) is 11.8 Å². The van der Waals surface area contributed by atoms with E-state index in [-0.39, 0.29) is 24.0 Å². The molecule has 1 aromatic heterocycles. The van der Waals surface area contributed by atoms with E-state index in [1.807, 2.05) is 14.0 Å². The zero-order valence-electron chi connectivity index (χ0n) is 15.5. The molecule has 7 heteroatoms. The van der Waals surface area contributed by atoms with E-state index < -0.39 is 0 Å². The maximum atomic E-state index is 5.11. The summed E-state index contributed by atoms with van der Waals surface area (Å²) >= 11 is 0. The van der Waals surface area contributed by atoms with Crippen molar-refractivity contribution in [2.75, 3.05) is 20.6 Å². The van der Waals surface area contributed by atoms with Crippen molar-refractivity contribution in [3.8, 4) is 0 Å². The van der Waals surface area contributed by atoms with E-state index in [2.05, 4.69) is 56.5 Å². The van der Waals surface area contributed by atoms with Crippen LogP contribution in [0.2, 0.25) is 0 Å². The largest absolute Gasteiger partial charge is 0.356 e. The number of rotatable bonds is 7. The predicted molar refractivity (Wildman–Crippen MR) is 111 cm³/mol. The smallest absolute Gasteiger partial charge is 0.226 e. The summed E-state index contributed by atoms with van der Waals surface area (Å²) in [7, 11) is 3.85. The van der Waals surface area contributed by atoms with E-state index in [4.69, 9.17) is 4.52 Å². The molecule has 0 spiro atoms. The highest BCUT2D eigenvalue weighted by Gasteiger charge is 2.07. The molecule has 0 saturated carbocycles. The van der Waals surface area contributed by atoms with Crippen LogP contribution >= 0.6 is 24.0 Å². The van der Waals surface area contributed by atoms with Gasteiger partial charge in [-0.05, 0) is 30.9 Å². The van der Waals surface area contributed by atoms with Crippen LogP contribution in [-0.4, -0.2) is 41.6 Å². The van der Waals surface area contributed by atoms with Gasteiger partial charge in [0, 0.05) is 33.6 Å². The lowest BCUT2D eigenvalue weighted by Crippen LogP contribution is -2.39. The average Bonchev–Trinajstić information content (AvgIpc) is 3.01. The third kappa shape index (κ3) is 7.01. The molecular formula is C18H28IN5O. The SMILES string of the molecule is CCc1ccc(CN(C)C(=NC)NCCCc2nc(C)no2)cc1.I. The standard InChI is InChI=1S/C18H27N5O.HI/c1-5-15-8-10-16(11-9-15)13-23(4)18(19-3)20-12-6-7-17-21-14(2)22-24-17;/h8-11H,5-7,12-13H2,1-4H3,(H,19,20);1H. The van der Waals surface area contributed by atoms with Gasteiger partial charge in [0.2, 0.25) is 5.89 Å². The minimum Gasteiger partial charge on any atom is -0.356 e. The van der Waals surface area contributed by atoms with Gasteiger partial charge >= 0.3 is 0 Å². The van der Waals surface area contributed by atoms with Crippen LogP contribution in [0.1, 0.15) is 36.2 Å². The molecule has 0 saturated heterocycles. The molecule has 1 N–H and O–H groups in total. The van der Waals surface area contributed by atoms with Gasteiger partial charge in [0.25, 0.3) is 0 Å². The molecule has 0 aliphatic rings. The van der Waals surface area contributed by atoms with Gasteiger partial charge in [-0.25, -0.2) is 0 Å². The van der Waals surface area contributed by atoms with E-state index in [0.717, 1.165) is 38.3 Å². The Kier molecular flexibility index (Phi) is 9.48. The van der Waals surface area contributed by atoms with E-state index in [1.54, 1.807) is 7.05 Å². The first-order chi connectivity index (χ1) is 11.6. The van der Waals surface area contributed by atoms with Crippen LogP contribution in [0.25, 0.3) is 0 Å². The summed E-state index contributed by atoms with van der Waals surface area (Å²) < 4.78 is 5.11. The Bertz CT molecular complexity index is 654. The van der Waals surface area contributed by atoms with E-state index in [1.165, 1.54) is 11.1 Å². The van der Waals surface area contributed by atoms with Crippen molar-refractivity contribution < 1.29 is 4.52 Å². The number of hydrogen-bond donors (Lipinski definition) is 1. The Balaban J connectivity index is 0.00000312. The maximum Gasteiger partial charge on any atom is 0.226 e. The molecule has 6 nitrogen and oxygen atoms in total. The van der Waals surface area contributed by atoms with Gasteiger partial charge in [-0.1, -0.05) is 36.3 Å². The second kappa shape index (κ2) is 11.1. The Morgan fingerprint density at radius 3 is 2.48 bits per heavy atom. The summed E-state index contributed by atoms with van der Waals surface area (Å²) in [4.78, 5) is 10.7. The fraction of sp³-hybridized carbons (Fsp3) is 0.500. The Hall–Kier alpha value is -1.64. The van der Waals surface area contributed by atoms with Gasteiger partial charge in [-0.3, -0.25) is 4.99 Å². The fourth-order valence-electron chi connectivity index (χ4n) is 2.50. The minimum absolute atomic E-state index is 0. The lowest BCUT2D eigenvalue weighted by molar-refractivity contribution is 0.371. The Morgan fingerprint density at radius 1 is 1.24 bits per heavy atom. The normalized spacial score (nSPS) is 11.1. The molecule has 0 bridgehead atoms. The number of nitrogens with one attached hydrogen (secondary N) is 1. The summed E-state index contributed by atoms with van der Waals surface area (Å²) in [5.74, 6) is 2.26. The average molecular weight is 457 g/mol. The molecule has 0 amide bonds. The number of aromatic nitrogens is 2.